The molecule has 0 saturated carbocycles. The molecule has 1 aliphatic carbocycles. The molecule has 0 amide bonds. The van der Waals surface area contributed by atoms with Crippen molar-refractivity contribution in [2.75, 3.05) is 23.7 Å². The second kappa shape index (κ2) is 7.39. The summed E-state index contributed by atoms with van der Waals surface area (Å²) < 4.78 is 0. The van der Waals surface area contributed by atoms with Gasteiger partial charge in [-0.25, -0.2) is 19.9 Å². The highest BCUT2D eigenvalue weighted by Crippen LogP contribution is 2.51. The van der Waals surface area contributed by atoms with E-state index in [-0.39, 0.29) is 11.5 Å². The quantitative estimate of drug-likeness (QED) is 0.630. The highest BCUT2D eigenvalue weighted by atomic mass is 35.5. The Hall–Kier alpha value is -1.94. The van der Waals surface area contributed by atoms with E-state index in [0.717, 1.165) is 53.8 Å². The van der Waals surface area contributed by atoms with Crippen molar-refractivity contribution < 1.29 is 0 Å². The van der Waals surface area contributed by atoms with Gasteiger partial charge in [-0.1, -0.05) is 23.4 Å². The van der Waals surface area contributed by atoms with E-state index in [0.29, 0.717) is 10.8 Å². The normalized spacial score (nSPS) is 20.2. The lowest BCUT2D eigenvalue weighted by Crippen LogP contribution is -2.44. The molecule has 1 saturated heterocycles. The maximum atomic E-state index is 6.57. The molecule has 1 atom stereocenters. The number of hydrogen-bond donors (Lipinski definition) is 2. The molecule has 1 fully saturated rings. The van der Waals surface area contributed by atoms with E-state index < -0.39 is 0 Å². The van der Waals surface area contributed by atoms with E-state index in [1.165, 1.54) is 16.6 Å². The van der Waals surface area contributed by atoms with Crippen LogP contribution in [0.4, 0.5) is 11.6 Å². The van der Waals surface area contributed by atoms with Gasteiger partial charge in [0.1, 0.15) is 16.7 Å². The Labute approximate surface area is 181 Å². The highest BCUT2D eigenvalue weighted by molar-refractivity contribution is 7.99. The van der Waals surface area contributed by atoms with Gasteiger partial charge in [0.25, 0.3) is 0 Å². The molecule has 1 unspecified atom stereocenters. The number of nitrogens with zero attached hydrogens (tertiary/aromatic N) is 5. The lowest BCUT2D eigenvalue weighted by atomic mass is 9.73. The van der Waals surface area contributed by atoms with E-state index in [1.54, 1.807) is 23.7 Å². The summed E-state index contributed by atoms with van der Waals surface area (Å²) in [6.45, 7) is 1.85. The van der Waals surface area contributed by atoms with Crippen LogP contribution in [0, 0.1) is 5.41 Å². The molecule has 1 aliphatic heterocycles. The van der Waals surface area contributed by atoms with Crippen LogP contribution in [0.25, 0.3) is 0 Å². The fourth-order valence-electron chi connectivity index (χ4n) is 4.21. The predicted molar refractivity (Wildman–Crippen MR) is 116 cm³/mol. The molecule has 4 N–H and O–H groups in total. The molecule has 3 aromatic rings. The summed E-state index contributed by atoms with van der Waals surface area (Å²) in [7, 11) is 0. The lowest BCUT2D eigenvalue weighted by Gasteiger charge is -2.42. The summed E-state index contributed by atoms with van der Waals surface area (Å²) in [5.41, 5.74) is 15.5. The van der Waals surface area contributed by atoms with E-state index in [4.69, 9.17) is 23.1 Å². The minimum Gasteiger partial charge on any atom is -0.382 e. The van der Waals surface area contributed by atoms with Gasteiger partial charge < -0.3 is 16.4 Å². The third-order valence-corrected chi connectivity index (χ3v) is 8.27. The zero-order chi connectivity index (χ0) is 20.0. The molecular weight excluding hydrogens is 426 g/mol. The zero-order valence-corrected chi connectivity index (χ0v) is 18.0. The van der Waals surface area contributed by atoms with Crippen molar-refractivity contribution in [2.24, 2.45) is 11.1 Å². The Bertz CT molecular complexity index is 1030. The largest absolute Gasteiger partial charge is 0.382 e. The first kappa shape index (κ1) is 19.0. The first-order valence-electron chi connectivity index (χ1n) is 9.38. The summed E-state index contributed by atoms with van der Waals surface area (Å²) in [6, 6.07) is 1.87. The Morgan fingerprint density at radius 1 is 1.17 bits per heavy atom. The van der Waals surface area contributed by atoms with Gasteiger partial charge in [-0.15, -0.1) is 11.3 Å². The standard InChI is InChI=1S/C19H20ClN7S2/c20-15-11(1-4-23-18(15)22)29-14-9-24-13(8-25-14)27-5-2-19(3-6-27)7-12-16(17(19)21)26-10-28-12/h1,4,8-10,17H,2-3,5-7,21H2,(H2,22,23). The van der Waals surface area contributed by atoms with Gasteiger partial charge in [-0.2, -0.15) is 0 Å². The van der Waals surface area contributed by atoms with Crippen molar-refractivity contribution >= 4 is 46.3 Å². The fraction of sp³-hybridized carbons (Fsp3) is 0.368. The van der Waals surface area contributed by atoms with Gasteiger partial charge in [0, 0.05) is 29.1 Å². The second-order valence-electron chi connectivity index (χ2n) is 7.49. The topological polar surface area (TPSA) is 107 Å². The summed E-state index contributed by atoms with van der Waals surface area (Å²) in [5, 5.41) is 1.21. The summed E-state index contributed by atoms with van der Waals surface area (Å²) >= 11 is 9.37. The Morgan fingerprint density at radius 3 is 2.72 bits per heavy atom. The van der Waals surface area contributed by atoms with Gasteiger partial charge in [0.05, 0.1) is 34.7 Å². The number of piperidine rings is 1. The minimum absolute atomic E-state index is 0.0494. The molecule has 150 valence electrons. The SMILES string of the molecule is Nc1nccc(Sc2cnc(N3CCC4(CC3)Cc3scnc3C4N)cn2)c1Cl. The van der Waals surface area contributed by atoms with Crippen molar-refractivity contribution in [3.63, 3.8) is 0 Å². The van der Waals surface area contributed by atoms with Crippen LogP contribution in [0.15, 0.2) is 40.1 Å². The monoisotopic (exact) mass is 445 g/mol. The van der Waals surface area contributed by atoms with Crippen molar-refractivity contribution in [1.82, 2.24) is 19.9 Å². The Kier molecular flexibility index (Phi) is 4.85. The number of halogens is 1. The molecule has 0 aromatic carbocycles. The molecule has 10 heteroatoms. The average Bonchev–Trinajstić information content (AvgIpc) is 3.28. The van der Waals surface area contributed by atoms with Crippen LogP contribution >= 0.6 is 34.7 Å². The summed E-state index contributed by atoms with van der Waals surface area (Å²) in [5.74, 6) is 1.21. The number of hydrogen-bond acceptors (Lipinski definition) is 9. The van der Waals surface area contributed by atoms with Crippen molar-refractivity contribution in [2.45, 2.75) is 35.2 Å². The molecule has 1 spiro atoms. The minimum atomic E-state index is 0.0494. The number of nitrogens with two attached hydrogens (primary N) is 2. The first-order chi connectivity index (χ1) is 14.1. The molecule has 7 nitrogen and oxygen atoms in total. The van der Waals surface area contributed by atoms with E-state index in [9.17, 15) is 0 Å². The van der Waals surface area contributed by atoms with Crippen LogP contribution in [0.5, 0.6) is 0 Å². The van der Waals surface area contributed by atoms with Gasteiger partial charge in [0.2, 0.25) is 0 Å². The smallest absolute Gasteiger partial charge is 0.147 e. The van der Waals surface area contributed by atoms with E-state index in [2.05, 4.69) is 24.8 Å². The lowest BCUT2D eigenvalue weighted by molar-refractivity contribution is 0.186. The number of thiazole rings is 1. The maximum absolute atomic E-state index is 6.57. The molecular formula is C19H20ClN7S2. The van der Waals surface area contributed by atoms with Crippen LogP contribution in [-0.4, -0.2) is 33.0 Å². The fourth-order valence-corrected chi connectivity index (χ4v) is 6.16. The summed E-state index contributed by atoms with van der Waals surface area (Å²) in [6.07, 6.45) is 8.38. The van der Waals surface area contributed by atoms with Crippen LogP contribution in [-0.2, 0) is 6.42 Å². The molecule has 4 heterocycles. The van der Waals surface area contributed by atoms with Crippen LogP contribution < -0.4 is 16.4 Å². The third kappa shape index (κ3) is 3.35. The second-order valence-corrected chi connectivity index (χ2v) is 9.87. The maximum Gasteiger partial charge on any atom is 0.147 e. The predicted octanol–water partition coefficient (Wildman–Crippen LogP) is 3.56. The molecule has 0 radical (unpaired) electrons. The van der Waals surface area contributed by atoms with E-state index >= 15 is 0 Å². The van der Waals surface area contributed by atoms with Crippen LogP contribution in [0.3, 0.4) is 0 Å². The van der Waals surface area contributed by atoms with Crippen molar-refractivity contribution in [1.29, 1.82) is 0 Å². The van der Waals surface area contributed by atoms with Gasteiger partial charge >= 0.3 is 0 Å². The van der Waals surface area contributed by atoms with Crippen molar-refractivity contribution in [3.05, 3.63) is 45.8 Å². The highest BCUT2D eigenvalue weighted by Gasteiger charge is 2.47. The zero-order valence-electron chi connectivity index (χ0n) is 15.6. The van der Waals surface area contributed by atoms with Gasteiger partial charge in [-0.3, -0.25) is 0 Å². The van der Waals surface area contributed by atoms with Gasteiger partial charge in [-0.05, 0) is 30.7 Å². The van der Waals surface area contributed by atoms with E-state index in [1.807, 2.05) is 17.8 Å². The third-order valence-electron chi connectivity index (χ3n) is 5.93. The molecule has 3 aromatic heterocycles. The first-order valence-corrected chi connectivity index (χ1v) is 11.5. The summed E-state index contributed by atoms with van der Waals surface area (Å²) in [4.78, 5) is 22.1. The molecule has 5 rings (SSSR count). The van der Waals surface area contributed by atoms with Crippen LogP contribution in [0.2, 0.25) is 5.02 Å². The molecule has 0 bridgehead atoms. The average molecular weight is 446 g/mol. The van der Waals surface area contributed by atoms with Gasteiger partial charge in [0.15, 0.2) is 0 Å². The number of fused-ring (bicyclic) bond motifs is 1. The number of aromatic nitrogens is 4. The number of rotatable bonds is 3. The number of anilines is 2. The Balaban J connectivity index is 1.25. The number of nitrogen functional groups attached to an aromatic ring is 1. The Morgan fingerprint density at radius 2 is 2.00 bits per heavy atom. The molecule has 29 heavy (non-hydrogen) atoms. The van der Waals surface area contributed by atoms with Crippen molar-refractivity contribution in [3.8, 4) is 0 Å². The number of pyridine rings is 1. The van der Waals surface area contributed by atoms with Crippen LogP contribution in [0.1, 0.15) is 29.5 Å². The molecule has 2 aliphatic rings.